The van der Waals surface area contributed by atoms with Gasteiger partial charge in [0.15, 0.2) is 0 Å². The average molecular weight is 349 g/mol. The van der Waals surface area contributed by atoms with Gasteiger partial charge in [0, 0.05) is 32.5 Å². The minimum Gasteiger partial charge on any atom is -0.347 e. The van der Waals surface area contributed by atoms with Crippen LogP contribution < -0.4 is 0 Å². The molecular formula is C17H23N3O3S. The number of rotatable bonds is 6. The minimum atomic E-state index is -3.64. The van der Waals surface area contributed by atoms with Crippen molar-refractivity contribution in [1.82, 2.24) is 13.8 Å². The largest absolute Gasteiger partial charge is 0.347 e. The lowest BCUT2D eigenvalue weighted by Crippen LogP contribution is -2.42. The molecule has 0 aliphatic heterocycles. The van der Waals surface area contributed by atoms with E-state index in [1.165, 1.54) is 15.1 Å². The maximum absolute atomic E-state index is 12.8. The normalized spacial score (nSPS) is 13.0. The van der Waals surface area contributed by atoms with Crippen molar-refractivity contribution in [2.45, 2.75) is 24.4 Å². The van der Waals surface area contributed by atoms with E-state index >= 15 is 0 Å². The van der Waals surface area contributed by atoms with Crippen molar-refractivity contribution in [3.8, 4) is 0 Å². The van der Waals surface area contributed by atoms with E-state index in [0.717, 1.165) is 0 Å². The van der Waals surface area contributed by atoms with Crippen LogP contribution in [0.2, 0.25) is 0 Å². The van der Waals surface area contributed by atoms with Crippen LogP contribution in [0, 0.1) is 0 Å². The fourth-order valence-electron chi connectivity index (χ4n) is 2.42. The molecule has 0 N–H and O–H groups in total. The Kier molecular flexibility index (Phi) is 5.46. The number of aromatic nitrogens is 1. The number of amides is 1. The molecule has 0 saturated heterocycles. The van der Waals surface area contributed by atoms with Crippen molar-refractivity contribution in [2.75, 3.05) is 21.1 Å². The first-order valence-corrected chi connectivity index (χ1v) is 9.07. The van der Waals surface area contributed by atoms with Gasteiger partial charge >= 0.3 is 0 Å². The van der Waals surface area contributed by atoms with Crippen LogP contribution in [0.4, 0.5) is 0 Å². The molecule has 24 heavy (non-hydrogen) atoms. The Labute approximate surface area is 143 Å². The lowest BCUT2D eigenvalue weighted by atomic mass is 10.2. The summed E-state index contributed by atoms with van der Waals surface area (Å²) < 4.78 is 26.8. The second kappa shape index (κ2) is 7.19. The van der Waals surface area contributed by atoms with Gasteiger partial charge in [-0.1, -0.05) is 18.2 Å². The summed E-state index contributed by atoms with van der Waals surface area (Å²) in [7, 11) is 1.57. The van der Waals surface area contributed by atoms with Crippen molar-refractivity contribution in [2.24, 2.45) is 0 Å². The molecule has 130 valence electrons. The van der Waals surface area contributed by atoms with Crippen molar-refractivity contribution in [3.05, 3.63) is 54.4 Å². The van der Waals surface area contributed by atoms with E-state index in [-0.39, 0.29) is 16.8 Å². The van der Waals surface area contributed by atoms with Crippen LogP contribution in [-0.4, -0.2) is 55.3 Å². The van der Waals surface area contributed by atoms with Gasteiger partial charge in [0.2, 0.25) is 5.91 Å². The maximum atomic E-state index is 12.8. The molecule has 0 aliphatic carbocycles. The van der Waals surface area contributed by atoms with Gasteiger partial charge in [-0.05, 0) is 38.2 Å². The smallest absolute Gasteiger partial charge is 0.267 e. The molecule has 1 atom stereocenters. The highest BCUT2D eigenvalue weighted by atomic mass is 32.2. The molecule has 0 bridgehead atoms. The summed E-state index contributed by atoms with van der Waals surface area (Å²) in [6.07, 6.45) is 1.53. The van der Waals surface area contributed by atoms with Gasteiger partial charge in [-0.3, -0.25) is 9.69 Å². The zero-order valence-corrected chi connectivity index (χ0v) is 15.2. The van der Waals surface area contributed by atoms with E-state index in [0.29, 0.717) is 12.2 Å². The zero-order valence-electron chi connectivity index (χ0n) is 14.4. The zero-order chi connectivity index (χ0) is 17.9. The summed E-state index contributed by atoms with van der Waals surface area (Å²) in [5.41, 5.74) is 0.611. The molecule has 2 aromatic rings. The number of hydrogen-bond acceptors (Lipinski definition) is 4. The highest BCUT2D eigenvalue weighted by molar-refractivity contribution is 7.90. The maximum Gasteiger partial charge on any atom is 0.267 e. The second-order valence-corrected chi connectivity index (χ2v) is 7.75. The molecule has 1 heterocycles. The van der Waals surface area contributed by atoms with Crippen molar-refractivity contribution < 1.29 is 13.2 Å². The van der Waals surface area contributed by atoms with Gasteiger partial charge in [0.1, 0.15) is 0 Å². The number of benzene rings is 1. The summed E-state index contributed by atoms with van der Waals surface area (Å²) in [5.74, 6) is -0.0264. The molecular weight excluding hydrogens is 326 g/mol. The van der Waals surface area contributed by atoms with Crippen LogP contribution >= 0.6 is 0 Å². The van der Waals surface area contributed by atoms with Gasteiger partial charge in [-0.25, -0.2) is 12.4 Å². The molecule has 2 rings (SSSR count). The molecule has 7 heteroatoms. The average Bonchev–Trinajstić information content (AvgIpc) is 3.03. The molecule has 0 fully saturated rings. The van der Waals surface area contributed by atoms with Crippen molar-refractivity contribution >= 4 is 15.9 Å². The van der Waals surface area contributed by atoms with Gasteiger partial charge in [0.25, 0.3) is 10.0 Å². The molecule has 0 radical (unpaired) electrons. The van der Waals surface area contributed by atoms with Gasteiger partial charge in [0.05, 0.1) is 10.9 Å². The molecule has 0 saturated carbocycles. The summed E-state index contributed by atoms with van der Waals surface area (Å²) in [4.78, 5) is 15.7. The lowest BCUT2D eigenvalue weighted by molar-refractivity contribution is -0.133. The number of hydrogen-bond donors (Lipinski definition) is 0. The van der Waals surface area contributed by atoms with E-state index in [1.807, 2.05) is 4.90 Å². The highest BCUT2D eigenvalue weighted by Gasteiger charge is 2.23. The van der Waals surface area contributed by atoms with E-state index in [2.05, 4.69) is 0 Å². The van der Waals surface area contributed by atoms with Crippen LogP contribution in [0.25, 0.3) is 0 Å². The van der Waals surface area contributed by atoms with Gasteiger partial charge in [-0.15, -0.1) is 0 Å². The Morgan fingerprint density at radius 2 is 1.71 bits per heavy atom. The third-order valence-corrected chi connectivity index (χ3v) is 5.71. The standard InChI is InChI=1S/C17H23N3O3S/c1-14(17(21)18(2)3)19(4)13-15-9-8-12-20(15)24(22,23)16-10-6-5-7-11-16/h5-12,14H,13H2,1-4H3. The molecule has 0 spiro atoms. The Bertz CT molecular complexity index is 797. The molecule has 1 aromatic carbocycles. The van der Waals surface area contributed by atoms with E-state index in [9.17, 15) is 13.2 Å². The fourth-order valence-corrected chi connectivity index (χ4v) is 3.81. The summed E-state index contributed by atoms with van der Waals surface area (Å²) in [5, 5.41) is 0. The van der Waals surface area contributed by atoms with Crippen LogP contribution in [0.3, 0.4) is 0 Å². The minimum absolute atomic E-state index is 0.0264. The Hall–Kier alpha value is -2.12. The Morgan fingerprint density at radius 1 is 1.08 bits per heavy atom. The van der Waals surface area contributed by atoms with Crippen molar-refractivity contribution in [1.29, 1.82) is 0 Å². The summed E-state index contributed by atoms with van der Waals surface area (Å²) >= 11 is 0. The number of carbonyl (C=O) groups excluding carboxylic acids is 1. The van der Waals surface area contributed by atoms with Gasteiger partial charge < -0.3 is 4.90 Å². The van der Waals surface area contributed by atoms with Crippen LogP contribution in [0.5, 0.6) is 0 Å². The molecule has 1 unspecified atom stereocenters. The quantitative estimate of drug-likeness (QED) is 0.795. The Balaban J connectivity index is 2.27. The van der Waals surface area contributed by atoms with Crippen LogP contribution in [0.1, 0.15) is 12.6 Å². The monoisotopic (exact) mass is 349 g/mol. The molecule has 6 nitrogen and oxygen atoms in total. The van der Waals surface area contributed by atoms with Crippen LogP contribution in [0.15, 0.2) is 53.6 Å². The number of carbonyl (C=O) groups is 1. The van der Waals surface area contributed by atoms with Crippen LogP contribution in [-0.2, 0) is 21.4 Å². The summed E-state index contributed by atoms with van der Waals surface area (Å²) in [6, 6.07) is 11.4. The SMILES string of the molecule is CC(C(=O)N(C)C)N(C)Cc1cccn1S(=O)(=O)c1ccccc1. The molecule has 1 amide bonds. The second-order valence-electron chi connectivity index (χ2n) is 5.94. The number of nitrogens with zero attached hydrogens (tertiary/aromatic N) is 3. The first-order chi connectivity index (χ1) is 11.2. The van der Waals surface area contributed by atoms with E-state index in [1.54, 1.807) is 70.5 Å². The molecule has 0 aliphatic rings. The highest BCUT2D eigenvalue weighted by Crippen LogP contribution is 2.18. The lowest BCUT2D eigenvalue weighted by Gasteiger charge is -2.26. The molecule has 1 aromatic heterocycles. The predicted octanol–water partition coefficient (Wildman–Crippen LogP) is 1.63. The predicted molar refractivity (Wildman–Crippen MR) is 93.1 cm³/mol. The topological polar surface area (TPSA) is 62.6 Å². The van der Waals surface area contributed by atoms with Gasteiger partial charge in [-0.2, -0.15) is 0 Å². The fraction of sp³-hybridized carbons (Fsp3) is 0.353. The van der Waals surface area contributed by atoms with E-state index < -0.39 is 10.0 Å². The Morgan fingerprint density at radius 3 is 2.29 bits per heavy atom. The van der Waals surface area contributed by atoms with E-state index in [4.69, 9.17) is 0 Å². The first-order valence-electron chi connectivity index (χ1n) is 7.63. The summed E-state index contributed by atoms with van der Waals surface area (Å²) in [6.45, 7) is 2.15. The number of likely N-dealkylation sites (N-methyl/N-ethyl adjacent to an activating group) is 2. The van der Waals surface area contributed by atoms with Crippen molar-refractivity contribution in [3.63, 3.8) is 0 Å². The first kappa shape index (κ1) is 18.2. The third-order valence-electron chi connectivity index (χ3n) is 3.96. The third kappa shape index (κ3) is 3.68.